The molecule has 2 aromatic heterocycles. The van der Waals surface area contributed by atoms with E-state index in [0.29, 0.717) is 17.2 Å². The lowest BCUT2D eigenvalue weighted by Gasteiger charge is -2.07. The van der Waals surface area contributed by atoms with Crippen LogP contribution in [0.15, 0.2) is 79.0 Å². The number of rotatable bonds is 5. The molecule has 5 aromatic rings. The Morgan fingerprint density at radius 2 is 1.78 bits per heavy atom. The van der Waals surface area contributed by atoms with Crippen molar-refractivity contribution in [3.63, 3.8) is 0 Å². The van der Waals surface area contributed by atoms with E-state index in [-0.39, 0.29) is 5.91 Å². The molecule has 6 heteroatoms. The molecule has 1 amide bonds. The van der Waals surface area contributed by atoms with Crippen molar-refractivity contribution in [3.8, 4) is 11.5 Å². The lowest BCUT2D eigenvalue weighted by molar-refractivity contribution is 0.0958. The van der Waals surface area contributed by atoms with Gasteiger partial charge in [-0.25, -0.2) is 4.98 Å². The van der Waals surface area contributed by atoms with E-state index < -0.39 is 0 Å². The van der Waals surface area contributed by atoms with Crippen molar-refractivity contribution in [1.29, 1.82) is 0 Å². The molecule has 0 aliphatic carbocycles. The Balaban J connectivity index is 1.42. The fraction of sp³-hybridized carbons (Fsp3) is 0.115. The fourth-order valence-electron chi connectivity index (χ4n) is 3.85. The van der Waals surface area contributed by atoms with Gasteiger partial charge in [-0.2, -0.15) is 0 Å². The maximum Gasteiger partial charge on any atom is 0.269 e. The molecular formula is C26H22N4O2. The lowest BCUT2D eigenvalue weighted by atomic mass is 10.1. The van der Waals surface area contributed by atoms with Gasteiger partial charge in [0.2, 0.25) is 0 Å². The summed E-state index contributed by atoms with van der Waals surface area (Å²) in [6, 6.07) is 24.1. The number of nitrogens with one attached hydrogen (secondary N) is 1. The van der Waals surface area contributed by atoms with Crippen molar-refractivity contribution in [2.24, 2.45) is 7.05 Å². The SMILES string of the molecule is CNC(=O)c1cc(Oc2ccc3c(c2)nc(Cc2ccc4ccccc4c2)n3C)ccn1. The number of hydrogen-bond acceptors (Lipinski definition) is 4. The largest absolute Gasteiger partial charge is 0.457 e. The molecule has 0 aliphatic rings. The third kappa shape index (κ3) is 3.78. The molecule has 0 saturated heterocycles. The Bertz CT molecular complexity index is 1460. The number of imidazole rings is 1. The molecule has 1 N–H and O–H groups in total. The summed E-state index contributed by atoms with van der Waals surface area (Å²) in [5.74, 6) is 1.93. The Morgan fingerprint density at radius 1 is 0.969 bits per heavy atom. The number of pyridine rings is 1. The number of aryl methyl sites for hydroxylation is 1. The zero-order valence-corrected chi connectivity index (χ0v) is 17.9. The van der Waals surface area contributed by atoms with E-state index in [1.54, 1.807) is 25.4 Å². The Hall–Kier alpha value is -4.19. The van der Waals surface area contributed by atoms with Crippen LogP contribution < -0.4 is 10.1 Å². The van der Waals surface area contributed by atoms with Crippen molar-refractivity contribution < 1.29 is 9.53 Å². The Labute approximate surface area is 185 Å². The Morgan fingerprint density at radius 3 is 2.62 bits per heavy atom. The number of ether oxygens (including phenoxy) is 1. The number of hydrogen-bond donors (Lipinski definition) is 1. The third-order valence-corrected chi connectivity index (χ3v) is 5.55. The van der Waals surface area contributed by atoms with Gasteiger partial charge in [0.15, 0.2) is 0 Å². The van der Waals surface area contributed by atoms with Crippen LogP contribution in [0.3, 0.4) is 0 Å². The summed E-state index contributed by atoms with van der Waals surface area (Å²) in [6.45, 7) is 0. The monoisotopic (exact) mass is 422 g/mol. The van der Waals surface area contributed by atoms with E-state index >= 15 is 0 Å². The van der Waals surface area contributed by atoms with Gasteiger partial charge in [0, 0.05) is 38.8 Å². The van der Waals surface area contributed by atoms with Gasteiger partial charge in [-0.15, -0.1) is 0 Å². The highest BCUT2D eigenvalue weighted by Crippen LogP contribution is 2.27. The van der Waals surface area contributed by atoms with Crippen molar-refractivity contribution >= 4 is 27.7 Å². The van der Waals surface area contributed by atoms with Crippen LogP contribution in [0, 0.1) is 0 Å². The maximum absolute atomic E-state index is 11.8. The first kappa shape index (κ1) is 19.8. The number of carbonyl (C=O) groups excluding carboxylic acids is 1. The van der Waals surface area contributed by atoms with Crippen LogP contribution in [0.5, 0.6) is 11.5 Å². The van der Waals surface area contributed by atoms with Gasteiger partial charge < -0.3 is 14.6 Å². The molecule has 32 heavy (non-hydrogen) atoms. The third-order valence-electron chi connectivity index (χ3n) is 5.55. The number of aromatic nitrogens is 3. The predicted octanol–water partition coefficient (Wildman–Crippen LogP) is 4.86. The smallest absolute Gasteiger partial charge is 0.269 e. The summed E-state index contributed by atoms with van der Waals surface area (Å²) in [7, 11) is 3.60. The van der Waals surface area contributed by atoms with E-state index in [9.17, 15) is 4.79 Å². The standard InChI is InChI=1S/C26H22N4O2/c1-27-26(31)23-16-21(11-12-28-23)32-20-9-10-24-22(15-20)29-25(30(24)2)14-17-7-8-18-5-3-4-6-19(18)13-17/h3-13,15-16H,14H2,1-2H3,(H,27,31). The van der Waals surface area contributed by atoms with Crippen molar-refractivity contribution in [3.05, 3.63) is 96.1 Å². The van der Waals surface area contributed by atoms with E-state index in [0.717, 1.165) is 23.3 Å². The number of nitrogens with zero attached hydrogens (tertiary/aromatic N) is 3. The highest BCUT2D eigenvalue weighted by atomic mass is 16.5. The van der Waals surface area contributed by atoms with Crippen LogP contribution >= 0.6 is 0 Å². The van der Waals surface area contributed by atoms with Gasteiger partial charge in [0.1, 0.15) is 23.0 Å². The second kappa shape index (κ2) is 8.15. The van der Waals surface area contributed by atoms with Gasteiger partial charge in [-0.3, -0.25) is 9.78 Å². The van der Waals surface area contributed by atoms with Crippen molar-refractivity contribution in [1.82, 2.24) is 19.9 Å². The lowest BCUT2D eigenvalue weighted by Crippen LogP contribution is -2.18. The van der Waals surface area contributed by atoms with Gasteiger partial charge in [-0.1, -0.05) is 42.5 Å². The van der Waals surface area contributed by atoms with Crippen LogP contribution in [0.4, 0.5) is 0 Å². The minimum Gasteiger partial charge on any atom is -0.457 e. The zero-order valence-electron chi connectivity index (χ0n) is 17.9. The fourth-order valence-corrected chi connectivity index (χ4v) is 3.85. The summed E-state index contributed by atoms with van der Waals surface area (Å²) in [5, 5.41) is 5.03. The van der Waals surface area contributed by atoms with Crippen LogP contribution in [0.1, 0.15) is 21.9 Å². The number of fused-ring (bicyclic) bond motifs is 2. The van der Waals surface area contributed by atoms with Gasteiger partial charge in [0.05, 0.1) is 11.0 Å². The quantitative estimate of drug-likeness (QED) is 0.439. The number of carbonyl (C=O) groups is 1. The topological polar surface area (TPSA) is 69.0 Å². The molecule has 0 aliphatic heterocycles. The maximum atomic E-state index is 11.8. The first-order chi connectivity index (χ1) is 15.6. The summed E-state index contributed by atoms with van der Waals surface area (Å²) in [4.78, 5) is 20.7. The molecule has 158 valence electrons. The molecule has 5 rings (SSSR count). The van der Waals surface area contributed by atoms with Crippen LogP contribution in [0.25, 0.3) is 21.8 Å². The highest BCUT2D eigenvalue weighted by molar-refractivity contribution is 5.92. The number of benzene rings is 3. The summed E-state index contributed by atoms with van der Waals surface area (Å²) in [6.07, 6.45) is 2.30. The molecule has 0 bridgehead atoms. The first-order valence-corrected chi connectivity index (χ1v) is 10.4. The van der Waals surface area contributed by atoms with Crippen LogP contribution in [-0.4, -0.2) is 27.5 Å². The minimum atomic E-state index is -0.256. The first-order valence-electron chi connectivity index (χ1n) is 10.4. The van der Waals surface area contributed by atoms with E-state index in [1.165, 1.54) is 16.3 Å². The highest BCUT2D eigenvalue weighted by Gasteiger charge is 2.11. The van der Waals surface area contributed by atoms with Gasteiger partial charge >= 0.3 is 0 Å². The molecule has 6 nitrogen and oxygen atoms in total. The minimum absolute atomic E-state index is 0.256. The van der Waals surface area contributed by atoms with Crippen molar-refractivity contribution in [2.75, 3.05) is 7.05 Å². The van der Waals surface area contributed by atoms with Crippen LogP contribution in [0.2, 0.25) is 0 Å². The molecule has 0 saturated carbocycles. The second-order valence-electron chi connectivity index (χ2n) is 7.65. The molecule has 0 unspecified atom stereocenters. The summed E-state index contributed by atoms with van der Waals surface area (Å²) < 4.78 is 8.08. The second-order valence-corrected chi connectivity index (χ2v) is 7.65. The van der Waals surface area contributed by atoms with Crippen molar-refractivity contribution in [2.45, 2.75) is 6.42 Å². The van der Waals surface area contributed by atoms with Gasteiger partial charge in [-0.05, 0) is 34.5 Å². The van der Waals surface area contributed by atoms with Gasteiger partial charge in [0.25, 0.3) is 5.91 Å². The normalized spacial score (nSPS) is 11.1. The average Bonchev–Trinajstić information content (AvgIpc) is 3.13. The molecule has 0 spiro atoms. The molecule has 3 aromatic carbocycles. The zero-order chi connectivity index (χ0) is 22.1. The number of amides is 1. The average molecular weight is 422 g/mol. The van der Waals surface area contributed by atoms with E-state index in [4.69, 9.17) is 9.72 Å². The molecule has 2 heterocycles. The predicted molar refractivity (Wildman–Crippen MR) is 125 cm³/mol. The molecule has 0 atom stereocenters. The van der Waals surface area contributed by atoms with E-state index in [2.05, 4.69) is 57.3 Å². The molecule has 0 fully saturated rings. The summed E-state index contributed by atoms with van der Waals surface area (Å²) >= 11 is 0. The molecular weight excluding hydrogens is 400 g/mol. The van der Waals surface area contributed by atoms with E-state index in [1.807, 2.05) is 25.2 Å². The summed E-state index contributed by atoms with van der Waals surface area (Å²) in [5.41, 5.74) is 3.42. The Kier molecular flexibility index (Phi) is 5.03. The van der Waals surface area contributed by atoms with Crippen LogP contribution in [-0.2, 0) is 13.5 Å². The molecule has 0 radical (unpaired) electrons.